The summed E-state index contributed by atoms with van der Waals surface area (Å²) >= 11 is 1.45. The monoisotopic (exact) mass is 228 g/mol. The molecule has 0 atom stereocenters. The summed E-state index contributed by atoms with van der Waals surface area (Å²) in [6.07, 6.45) is 1.76. The summed E-state index contributed by atoms with van der Waals surface area (Å²) in [4.78, 5) is 9.46. The van der Waals surface area contributed by atoms with Gasteiger partial charge in [-0.2, -0.15) is 0 Å². The number of fused-ring (bicyclic) bond motifs is 1. The molecule has 3 nitrogen and oxygen atoms in total. The molecule has 0 bridgehead atoms. The fourth-order valence-electron chi connectivity index (χ4n) is 1.38. The van der Waals surface area contributed by atoms with Gasteiger partial charge in [0.15, 0.2) is 0 Å². The maximum Gasteiger partial charge on any atom is 0.281 e. The Hall–Kier alpha value is -1.94. The van der Waals surface area contributed by atoms with Gasteiger partial charge in [0, 0.05) is 6.20 Å². The number of para-hydroxylation sites is 1. The van der Waals surface area contributed by atoms with Gasteiger partial charge in [-0.3, -0.25) is 0 Å². The van der Waals surface area contributed by atoms with E-state index in [0.717, 1.165) is 16.1 Å². The summed E-state index contributed by atoms with van der Waals surface area (Å²) in [5.41, 5.74) is 0.874. The Morgan fingerprint density at radius 2 is 1.88 bits per heavy atom. The molecular formula is C12H8N2OS. The number of benzene rings is 1. The molecule has 0 fully saturated rings. The zero-order valence-corrected chi connectivity index (χ0v) is 9.15. The zero-order valence-electron chi connectivity index (χ0n) is 8.33. The van der Waals surface area contributed by atoms with E-state index in [0.29, 0.717) is 5.19 Å². The molecule has 0 unspecified atom stereocenters. The number of hydrogen-bond acceptors (Lipinski definition) is 4. The summed E-state index contributed by atoms with van der Waals surface area (Å²) < 4.78 is 5.63. The van der Waals surface area contributed by atoms with Crippen molar-refractivity contribution in [2.45, 2.75) is 0 Å². The zero-order chi connectivity index (χ0) is 10.8. The highest BCUT2D eigenvalue weighted by molar-refractivity contribution is 7.19. The Morgan fingerprint density at radius 1 is 1.00 bits per heavy atom. The predicted molar refractivity (Wildman–Crippen MR) is 63.9 cm³/mol. The topological polar surface area (TPSA) is 35.0 Å². The van der Waals surface area contributed by atoms with Crippen LogP contribution in [0, 0.1) is 0 Å². The average Bonchev–Trinajstić information content (AvgIpc) is 2.72. The first kappa shape index (κ1) is 9.30. The molecular weight excluding hydrogens is 220 g/mol. The Bertz CT molecular complexity index is 573. The van der Waals surface area contributed by atoms with E-state index in [1.165, 1.54) is 11.3 Å². The van der Waals surface area contributed by atoms with E-state index >= 15 is 0 Å². The van der Waals surface area contributed by atoms with Crippen LogP contribution in [0.25, 0.3) is 10.3 Å². The number of aromatic nitrogens is 2. The summed E-state index contributed by atoms with van der Waals surface area (Å²) in [5, 5.41) is 0.625. The molecule has 0 radical (unpaired) electrons. The molecule has 0 amide bonds. The van der Waals surface area contributed by atoms with E-state index in [9.17, 15) is 0 Å². The minimum atomic E-state index is 0.625. The number of ether oxygens (including phenoxy) is 1. The number of rotatable bonds is 2. The fourth-order valence-corrected chi connectivity index (χ4v) is 2.16. The van der Waals surface area contributed by atoms with Crippen molar-refractivity contribution >= 4 is 21.7 Å². The smallest absolute Gasteiger partial charge is 0.281 e. The molecule has 2 heterocycles. The highest BCUT2D eigenvalue weighted by Crippen LogP contribution is 2.29. The van der Waals surface area contributed by atoms with Gasteiger partial charge >= 0.3 is 0 Å². The molecule has 0 N–H and O–H groups in total. The fraction of sp³-hybridized carbons (Fsp3) is 0. The van der Waals surface area contributed by atoms with Crippen molar-refractivity contribution in [2.24, 2.45) is 0 Å². The summed E-state index contributed by atoms with van der Waals surface area (Å²) in [5.74, 6) is 0.793. The molecule has 0 aliphatic carbocycles. The molecule has 0 saturated heterocycles. The van der Waals surface area contributed by atoms with Gasteiger partial charge in [0.2, 0.25) is 0 Å². The van der Waals surface area contributed by atoms with Crippen molar-refractivity contribution in [1.82, 2.24) is 9.97 Å². The van der Waals surface area contributed by atoms with Crippen molar-refractivity contribution < 1.29 is 4.74 Å². The third-order valence-electron chi connectivity index (χ3n) is 2.10. The number of thiazole rings is 1. The van der Waals surface area contributed by atoms with Crippen molar-refractivity contribution in [3.63, 3.8) is 0 Å². The van der Waals surface area contributed by atoms with Gasteiger partial charge in [-0.1, -0.05) is 29.5 Å². The Kier molecular flexibility index (Phi) is 2.27. The van der Waals surface area contributed by atoms with E-state index in [2.05, 4.69) is 9.97 Å². The molecule has 3 aromatic rings. The lowest BCUT2D eigenvalue weighted by Gasteiger charge is -1.98. The van der Waals surface area contributed by atoms with Crippen LogP contribution < -0.4 is 4.74 Å². The first-order valence-corrected chi connectivity index (χ1v) is 5.68. The van der Waals surface area contributed by atoms with Crippen LogP contribution in [0.15, 0.2) is 48.7 Å². The van der Waals surface area contributed by atoms with Crippen LogP contribution in [-0.4, -0.2) is 9.97 Å². The second-order valence-electron chi connectivity index (χ2n) is 3.22. The Labute approximate surface area is 96.4 Å². The van der Waals surface area contributed by atoms with Gasteiger partial charge in [0.1, 0.15) is 16.1 Å². The van der Waals surface area contributed by atoms with Gasteiger partial charge in [0.05, 0.1) is 0 Å². The predicted octanol–water partition coefficient (Wildman–Crippen LogP) is 3.48. The van der Waals surface area contributed by atoms with Crippen LogP contribution >= 0.6 is 11.3 Å². The molecule has 78 valence electrons. The number of nitrogens with zero attached hydrogens (tertiary/aromatic N) is 2. The summed E-state index contributed by atoms with van der Waals surface area (Å²) in [7, 11) is 0. The van der Waals surface area contributed by atoms with Crippen molar-refractivity contribution in [2.75, 3.05) is 0 Å². The highest BCUT2D eigenvalue weighted by atomic mass is 32.1. The van der Waals surface area contributed by atoms with Crippen molar-refractivity contribution in [1.29, 1.82) is 0 Å². The Morgan fingerprint density at radius 3 is 2.69 bits per heavy atom. The molecule has 0 aliphatic rings. The van der Waals surface area contributed by atoms with E-state index < -0.39 is 0 Å². The van der Waals surface area contributed by atoms with Gasteiger partial charge in [-0.05, 0) is 24.3 Å². The molecule has 0 spiro atoms. The van der Waals surface area contributed by atoms with E-state index in [1.807, 2.05) is 42.5 Å². The average molecular weight is 228 g/mol. The van der Waals surface area contributed by atoms with Crippen LogP contribution in [0.4, 0.5) is 0 Å². The van der Waals surface area contributed by atoms with Crippen LogP contribution in [0.5, 0.6) is 10.9 Å². The minimum absolute atomic E-state index is 0.625. The molecule has 0 saturated carbocycles. The van der Waals surface area contributed by atoms with E-state index in [4.69, 9.17) is 4.74 Å². The number of hydrogen-bond donors (Lipinski definition) is 0. The second kappa shape index (κ2) is 3.90. The molecule has 1 aromatic carbocycles. The molecule has 3 rings (SSSR count). The first-order valence-electron chi connectivity index (χ1n) is 4.86. The lowest BCUT2D eigenvalue weighted by Crippen LogP contribution is -1.81. The van der Waals surface area contributed by atoms with Gasteiger partial charge in [0.25, 0.3) is 5.19 Å². The lowest BCUT2D eigenvalue weighted by atomic mass is 10.3. The lowest BCUT2D eigenvalue weighted by molar-refractivity contribution is 0.480. The first-order chi connectivity index (χ1) is 7.92. The standard InChI is InChI=1S/C12H8N2OS/c1-2-5-9(6-3-1)15-12-14-10-7-4-8-13-11(10)16-12/h1-8H. The maximum absolute atomic E-state index is 5.63. The molecule has 16 heavy (non-hydrogen) atoms. The van der Waals surface area contributed by atoms with Gasteiger partial charge in [-0.25, -0.2) is 9.97 Å². The van der Waals surface area contributed by atoms with Crippen LogP contribution in [0.1, 0.15) is 0 Å². The van der Waals surface area contributed by atoms with Crippen LogP contribution in [0.3, 0.4) is 0 Å². The normalized spacial score (nSPS) is 10.5. The number of pyridine rings is 1. The SMILES string of the molecule is c1ccc(Oc2nc3cccnc3s2)cc1. The third kappa shape index (κ3) is 1.75. The van der Waals surface area contributed by atoms with E-state index in [-0.39, 0.29) is 0 Å². The van der Waals surface area contributed by atoms with E-state index in [1.54, 1.807) is 6.20 Å². The van der Waals surface area contributed by atoms with Gasteiger partial charge < -0.3 is 4.74 Å². The Balaban J connectivity index is 1.95. The summed E-state index contributed by atoms with van der Waals surface area (Å²) in [6.45, 7) is 0. The minimum Gasteiger partial charge on any atom is -0.431 e. The van der Waals surface area contributed by atoms with Crippen molar-refractivity contribution in [3.8, 4) is 10.9 Å². The quantitative estimate of drug-likeness (QED) is 0.673. The van der Waals surface area contributed by atoms with Crippen LogP contribution in [0.2, 0.25) is 0 Å². The highest BCUT2D eigenvalue weighted by Gasteiger charge is 2.05. The van der Waals surface area contributed by atoms with Crippen LogP contribution in [-0.2, 0) is 0 Å². The third-order valence-corrected chi connectivity index (χ3v) is 2.95. The molecule has 0 aliphatic heterocycles. The molecule has 4 heteroatoms. The largest absolute Gasteiger partial charge is 0.431 e. The molecule has 2 aromatic heterocycles. The summed E-state index contributed by atoms with van der Waals surface area (Å²) in [6, 6.07) is 13.4. The second-order valence-corrected chi connectivity index (χ2v) is 4.16. The van der Waals surface area contributed by atoms with Gasteiger partial charge in [-0.15, -0.1) is 0 Å². The maximum atomic E-state index is 5.63. The van der Waals surface area contributed by atoms with Crippen molar-refractivity contribution in [3.05, 3.63) is 48.7 Å².